The Bertz CT molecular complexity index is 101. The fourth-order valence-electron chi connectivity index (χ4n) is 0.205. The van der Waals surface area contributed by atoms with Gasteiger partial charge in [-0.15, -0.1) is 36.5 Å². The highest BCUT2D eigenvalue weighted by Gasteiger charge is 1.60. The maximum Gasteiger partial charge on any atom is 0.0529 e. The minimum atomic E-state index is 1.58. The second-order valence-corrected chi connectivity index (χ2v) is 0.811. The molecule has 0 aliphatic carbocycles. The standard InChI is InChI=1S/C3H3N3.2C2H4/c1-2-4-6-5-3-1;2*1-2/h1-3H;2*1-2H2. The van der Waals surface area contributed by atoms with Gasteiger partial charge in [0, 0.05) is 0 Å². The van der Waals surface area contributed by atoms with Gasteiger partial charge in [-0.05, 0) is 11.3 Å². The molecule has 54 valence electrons. The molecule has 0 unspecified atom stereocenters. The quantitative estimate of drug-likeness (QED) is 0.508. The highest BCUT2D eigenvalue weighted by Crippen LogP contribution is 1.61. The molecule has 3 nitrogen and oxygen atoms in total. The molecule has 1 heterocycles. The van der Waals surface area contributed by atoms with Gasteiger partial charge in [0.1, 0.15) is 0 Å². The Morgan fingerprint density at radius 2 is 1.20 bits per heavy atom. The van der Waals surface area contributed by atoms with Crippen LogP contribution in [0.2, 0.25) is 0 Å². The molecule has 0 amide bonds. The van der Waals surface area contributed by atoms with Crippen LogP contribution in [0.25, 0.3) is 0 Å². The van der Waals surface area contributed by atoms with Crippen molar-refractivity contribution in [2.24, 2.45) is 0 Å². The molecule has 0 saturated carbocycles. The fraction of sp³-hybridized carbons (Fsp3) is 0. The monoisotopic (exact) mass is 137 g/mol. The van der Waals surface area contributed by atoms with Crippen LogP contribution in [0.4, 0.5) is 0 Å². The van der Waals surface area contributed by atoms with Crippen LogP contribution in [0, 0.1) is 0 Å². The summed E-state index contributed by atoms with van der Waals surface area (Å²) in [6.45, 7) is 12.0. The molecule has 0 aromatic carbocycles. The normalized spacial score (nSPS) is 5.60. The molecule has 0 bridgehead atoms. The molecule has 0 aliphatic heterocycles. The van der Waals surface area contributed by atoms with Gasteiger partial charge in [0.2, 0.25) is 0 Å². The van der Waals surface area contributed by atoms with E-state index in [4.69, 9.17) is 0 Å². The predicted octanol–water partition coefficient (Wildman–Crippen LogP) is 1.48. The molecule has 1 aromatic heterocycles. The number of nitrogens with zero attached hydrogens (tertiary/aromatic N) is 3. The van der Waals surface area contributed by atoms with Crippen molar-refractivity contribution in [2.45, 2.75) is 0 Å². The van der Waals surface area contributed by atoms with Crippen LogP contribution in [0.5, 0.6) is 0 Å². The summed E-state index contributed by atoms with van der Waals surface area (Å²) in [4.78, 5) is 0. The van der Waals surface area contributed by atoms with Crippen molar-refractivity contribution in [2.75, 3.05) is 0 Å². The van der Waals surface area contributed by atoms with Crippen LogP contribution < -0.4 is 0 Å². The minimum Gasteiger partial charge on any atom is -0.139 e. The molecule has 10 heavy (non-hydrogen) atoms. The number of hydrogen-bond acceptors (Lipinski definition) is 3. The topological polar surface area (TPSA) is 38.7 Å². The van der Waals surface area contributed by atoms with Crippen molar-refractivity contribution in [3.8, 4) is 0 Å². The first-order valence-corrected chi connectivity index (χ1v) is 2.58. The molecular formula is C7H11N3. The second-order valence-electron chi connectivity index (χ2n) is 0.811. The van der Waals surface area contributed by atoms with Crippen LogP contribution >= 0.6 is 0 Å². The highest BCUT2D eigenvalue weighted by molar-refractivity contribution is 4.69. The SMILES string of the molecule is C=C.C=C.c1cnnnc1. The van der Waals surface area contributed by atoms with Gasteiger partial charge >= 0.3 is 0 Å². The molecule has 0 N–H and O–H groups in total. The summed E-state index contributed by atoms with van der Waals surface area (Å²) in [5, 5.41) is 10.1. The largest absolute Gasteiger partial charge is 0.139 e. The summed E-state index contributed by atoms with van der Waals surface area (Å²) < 4.78 is 0. The summed E-state index contributed by atoms with van der Waals surface area (Å²) in [5.41, 5.74) is 0. The molecule has 0 fully saturated rings. The van der Waals surface area contributed by atoms with E-state index >= 15 is 0 Å². The first-order chi connectivity index (χ1) is 5.00. The second kappa shape index (κ2) is 15.6. The lowest BCUT2D eigenvalue weighted by atomic mass is 10.7. The van der Waals surface area contributed by atoms with E-state index in [1.54, 1.807) is 18.5 Å². The van der Waals surface area contributed by atoms with Crippen LogP contribution in [0.3, 0.4) is 0 Å². The Hall–Kier alpha value is -1.51. The van der Waals surface area contributed by atoms with E-state index in [1.807, 2.05) is 0 Å². The van der Waals surface area contributed by atoms with Crippen LogP contribution in [0.15, 0.2) is 44.8 Å². The van der Waals surface area contributed by atoms with E-state index in [2.05, 4.69) is 41.7 Å². The molecule has 0 aliphatic rings. The van der Waals surface area contributed by atoms with Gasteiger partial charge in [-0.1, -0.05) is 0 Å². The molecular weight excluding hydrogens is 126 g/mol. The smallest absolute Gasteiger partial charge is 0.0529 e. The third-order valence-electron chi connectivity index (χ3n) is 0.409. The molecule has 1 rings (SSSR count). The maximum atomic E-state index is 3.42. The highest BCUT2D eigenvalue weighted by atomic mass is 15.3. The zero-order chi connectivity index (χ0) is 8.24. The van der Waals surface area contributed by atoms with E-state index in [0.29, 0.717) is 0 Å². The van der Waals surface area contributed by atoms with Crippen molar-refractivity contribution >= 4 is 0 Å². The lowest BCUT2D eigenvalue weighted by molar-refractivity contribution is 0.865. The number of aromatic nitrogens is 3. The van der Waals surface area contributed by atoms with E-state index in [0.717, 1.165) is 0 Å². The molecule has 3 heteroatoms. The van der Waals surface area contributed by atoms with Gasteiger partial charge in [-0.2, -0.15) is 0 Å². The zero-order valence-corrected chi connectivity index (χ0v) is 5.90. The van der Waals surface area contributed by atoms with Gasteiger partial charge in [0.05, 0.1) is 12.4 Å². The van der Waals surface area contributed by atoms with Crippen molar-refractivity contribution in [3.63, 3.8) is 0 Å². The van der Waals surface area contributed by atoms with E-state index < -0.39 is 0 Å². The first kappa shape index (κ1) is 11.3. The molecule has 0 atom stereocenters. The van der Waals surface area contributed by atoms with Gasteiger partial charge in [-0.25, -0.2) is 0 Å². The third kappa shape index (κ3) is 9.70. The number of hydrogen-bond donors (Lipinski definition) is 0. The lowest BCUT2D eigenvalue weighted by Gasteiger charge is -1.68. The Kier molecular flexibility index (Phi) is 17.7. The van der Waals surface area contributed by atoms with E-state index in [-0.39, 0.29) is 0 Å². The van der Waals surface area contributed by atoms with Gasteiger partial charge in [0.15, 0.2) is 0 Å². The first-order valence-electron chi connectivity index (χ1n) is 2.58. The third-order valence-corrected chi connectivity index (χ3v) is 0.409. The zero-order valence-electron chi connectivity index (χ0n) is 5.90. The van der Waals surface area contributed by atoms with E-state index in [1.165, 1.54) is 0 Å². The van der Waals surface area contributed by atoms with Crippen LogP contribution in [-0.2, 0) is 0 Å². The average molecular weight is 137 g/mol. The summed E-state index contributed by atoms with van der Waals surface area (Å²) in [6, 6.07) is 1.72. The Balaban J connectivity index is 0. The summed E-state index contributed by atoms with van der Waals surface area (Å²) >= 11 is 0. The Labute approximate surface area is 61.1 Å². The maximum absolute atomic E-state index is 3.42. The number of rotatable bonds is 0. The average Bonchev–Trinajstić information content (AvgIpc) is 2.14. The summed E-state index contributed by atoms with van der Waals surface area (Å²) in [5.74, 6) is 0. The predicted molar refractivity (Wildman–Crippen MR) is 42.3 cm³/mol. The van der Waals surface area contributed by atoms with Crippen molar-refractivity contribution in [3.05, 3.63) is 44.8 Å². The van der Waals surface area contributed by atoms with Gasteiger partial charge in [0.25, 0.3) is 0 Å². The summed E-state index contributed by atoms with van der Waals surface area (Å²) in [6.07, 6.45) is 3.15. The Morgan fingerprint density at radius 1 is 0.800 bits per heavy atom. The van der Waals surface area contributed by atoms with Gasteiger partial charge < -0.3 is 0 Å². The fourth-order valence-corrected chi connectivity index (χ4v) is 0.205. The minimum absolute atomic E-state index is 1.58. The molecule has 0 spiro atoms. The molecule has 0 saturated heterocycles. The van der Waals surface area contributed by atoms with Crippen molar-refractivity contribution in [1.29, 1.82) is 0 Å². The Morgan fingerprint density at radius 3 is 1.30 bits per heavy atom. The lowest BCUT2D eigenvalue weighted by Crippen LogP contribution is -1.78. The molecule has 1 aromatic rings. The van der Waals surface area contributed by atoms with Gasteiger partial charge in [-0.3, -0.25) is 0 Å². The van der Waals surface area contributed by atoms with Crippen molar-refractivity contribution < 1.29 is 0 Å². The van der Waals surface area contributed by atoms with Crippen LogP contribution in [0.1, 0.15) is 0 Å². The van der Waals surface area contributed by atoms with Crippen LogP contribution in [-0.4, -0.2) is 15.4 Å². The summed E-state index contributed by atoms with van der Waals surface area (Å²) in [7, 11) is 0. The molecule has 0 radical (unpaired) electrons. The van der Waals surface area contributed by atoms with Crippen molar-refractivity contribution in [1.82, 2.24) is 15.4 Å². The van der Waals surface area contributed by atoms with E-state index in [9.17, 15) is 0 Å².